The van der Waals surface area contributed by atoms with E-state index in [1.165, 1.54) is 0 Å². The summed E-state index contributed by atoms with van der Waals surface area (Å²) in [5.41, 5.74) is 3.19. The summed E-state index contributed by atoms with van der Waals surface area (Å²) in [4.78, 5) is 23.0. The summed E-state index contributed by atoms with van der Waals surface area (Å²) in [6, 6.07) is 12.8. The third-order valence-electron chi connectivity index (χ3n) is 5.52. The van der Waals surface area contributed by atoms with Crippen LogP contribution in [0, 0.1) is 0 Å². The maximum absolute atomic E-state index is 12.5. The van der Waals surface area contributed by atoms with Crippen molar-refractivity contribution < 1.29 is 32.7 Å². The Morgan fingerprint density at radius 1 is 1.09 bits per heavy atom. The fraction of sp³-hybridized carbons (Fsp3) is 0.333. The number of ether oxygens (including phenoxy) is 2. The normalized spacial score (nSPS) is 16.0. The van der Waals surface area contributed by atoms with Gasteiger partial charge in [-0.3, -0.25) is 0 Å². The Labute approximate surface area is 198 Å². The van der Waals surface area contributed by atoms with Crippen molar-refractivity contribution >= 4 is 19.5 Å². The molecule has 1 fully saturated rings. The molecule has 4 rings (SSSR count). The summed E-state index contributed by atoms with van der Waals surface area (Å²) >= 11 is 0. The van der Waals surface area contributed by atoms with E-state index in [2.05, 4.69) is 10.5 Å². The number of nitrogens with one attached hydrogen (secondary N) is 1. The van der Waals surface area contributed by atoms with E-state index < -0.39 is 7.94 Å². The monoisotopic (exact) mass is 488 g/mol. The zero-order chi connectivity index (χ0) is 24.0. The van der Waals surface area contributed by atoms with Gasteiger partial charge in [0.15, 0.2) is 11.5 Å². The Morgan fingerprint density at radius 2 is 1.82 bits per heavy atom. The SMILES string of the molecule is COc1ccc(-c2oncc2CCC(=O)Nc2ccc(C[PH]3(O)OCCCO3)cc2)cc1OC. The summed E-state index contributed by atoms with van der Waals surface area (Å²) in [6.07, 6.45) is 3.50. The topological polar surface area (TPSA) is 112 Å². The Balaban J connectivity index is 1.33. The van der Waals surface area contributed by atoms with Crippen LogP contribution in [-0.4, -0.2) is 43.4 Å². The van der Waals surface area contributed by atoms with Crippen molar-refractivity contribution in [3.8, 4) is 22.8 Å². The van der Waals surface area contributed by atoms with E-state index in [-0.39, 0.29) is 12.3 Å². The van der Waals surface area contributed by atoms with Gasteiger partial charge in [0.1, 0.15) is 0 Å². The number of anilines is 1. The second-order valence-corrected chi connectivity index (χ2v) is 10.3. The molecule has 0 spiro atoms. The van der Waals surface area contributed by atoms with Gasteiger partial charge in [0.25, 0.3) is 0 Å². The summed E-state index contributed by atoms with van der Waals surface area (Å²) in [7, 11) is 0.0156. The molecule has 9 nitrogen and oxygen atoms in total. The molecular weight excluding hydrogens is 459 g/mol. The molecule has 0 aliphatic carbocycles. The molecule has 0 bridgehead atoms. The number of rotatable bonds is 9. The number of aryl methyl sites for hydroxylation is 1. The van der Waals surface area contributed by atoms with Gasteiger partial charge < -0.3 is 9.47 Å². The van der Waals surface area contributed by atoms with Gasteiger partial charge in [0.05, 0.1) is 14.2 Å². The average molecular weight is 488 g/mol. The number of hydrogen-bond acceptors (Lipinski definition) is 8. The van der Waals surface area contributed by atoms with Crippen LogP contribution in [-0.2, 0) is 26.4 Å². The minimum Gasteiger partial charge on any atom is -0.493 e. The minimum absolute atomic E-state index is 0.126. The predicted octanol–water partition coefficient (Wildman–Crippen LogP) is 4.35. The van der Waals surface area contributed by atoms with Crippen LogP contribution in [0.4, 0.5) is 5.69 Å². The molecule has 2 aromatic carbocycles. The summed E-state index contributed by atoms with van der Waals surface area (Å²) < 4.78 is 27.0. The first-order valence-corrected chi connectivity index (χ1v) is 13.0. The van der Waals surface area contributed by atoms with Gasteiger partial charge >= 0.3 is 145 Å². The van der Waals surface area contributed by atoms with E-state index in [4.69, 9.17) is 23.0 Å². The summed E-state index contributed by atoms with van der Waals surface area (Å²) in [6.45, 7) is 1.05. The number of aromatic nitrogens is 1. The van der Waals surface area contributed by atoms with Crippen molar-refractivity contribution in [3.05, 3.63) is 59.8 Å². The van der Waals surface area contributed by atoms with Gasteiger partial charge in [-0.05, 0) is 18.2 Å². The molecule has 1 aliphatic rings. The van der Waals surface area contributed by atoms with E-state index in [1.807, 2.05) is 36.4 Å². The molecule has 2 N–H and O–H groups in total. The summed E-state index contributed by atoms with van der Waals surface area (Å²) in [5.74, 6) is 1.67. The Morgan fingerprint density at radius 3 is 2.53 bits per heavy atom. The molecule has 2 heterocycles. The number of benzene rings is 2. The van der Waals surface area contributed by atoms with E-state index in [9.17, 15) is 9.69 Å². The van der Waals surface area contributed by atoms with Gasteiger partial charge in [-0.2, -0.15) is 0 Å². The average Bonchev–Trinajstić information content (AvgIpc) is 3.32. The smallest absolute Gasteiger partial charge is 0.161 e. The van der Waals surface area contributed by atoms with Crippen molar-refractivity contribution in [2.24, 2.45) is 0 Å². The zero-order valence-corrected chi connectivity index (χ0v) is 20.2. The van der Waals surface area contributed by atoms with Gasteiger partial charge in [0, 0.05) is 0 Å². The molecule has 0 radical (unpaired) electrons. The first-order chi connectivity index (χ1) is 16.5. The number of methoxy groups -OCH3 is 2. The van der Waals surface area contributed by atoms with Crippen LogP contribution < -0.4 is 14.8 Å². The molecule has 10 heteroatoms. The van der Waals surface area contributed by atoms with Gasteiger partial charge in [0.2, 0.25) is 0 Å². The van der Waals surface area contributed by atoms with E-state index >= 15 is 0 Å². The Kier molecular flexibility index (Phi) is 7.80. The van der Waals surface area contributed by atoms with Crippen LogP contribution in [0.3, 0.4) is 0 Å². The molecule has 1 amide bonds. The Hall–Kier alpha value is -2.97. The third kappa shape index (κ3) is 5.93. The number of nitrogens with zero attached hydrogens (tertiary/aromatic N) is 1. The molecular formula is C24H29N2O7P. The van der Waals surface area contributed by atoms with Crippen LogP contribution >= 0.6 is 7.94 Å². The quantitative estimate of drug-likeness (QED) is 0.428. The number of carbonyl (C=O) groups is 1. The number of amides is 1. The first kappa shape index (κ1) is 24.2. The standard InChI is InChI=1S/C24H29N2O7P/c1-29-21-10-6-18(14-22(21)30-2)24-19(15-25-33-24)7-11-23(27)26-20-8-4-17(5-9-20)16-34(28)31-12-3-13-32-34/h4-6,8-10,14-15,28,34H,3,7,11-13,16H2,1-2H3,(H,26,27). The summed E-state index contributed by atoms with van der Waals surface area (Å²) in [5, 5.41) is 6.80. The van der Waals surface area contributed by atoms with Crippen LogP contribution in [0.5, 0.6) is 11.5 Å². The molecule has 3 aromatic rings. The van der Waals surface area contributed by atoms with Gasteiger partial charge in [-0.25, -0.2) is 0 Å². The molecule has 0 atom stereocenters. The minimum atomic E-state index is -3.13. The molecule has 0 saturated carbocycles. The van der Waals surface area contributed by atoms with Crippen molar-refractivity contribution in [2.45, 2.75) is 25.4 Å². The van der Waals surface area contributed by atoms with E-state index in [1.54, 1.807) is 26.5 Å². The van der Waals surface area contributed by atoms with Crippen LogP contribution in [0.1, 0.15) is 24.0 Å². The van der Waals surface area contributed by atoms with Crippen LogP contribution in [0.15, 0.2) is 53.2 Å². The van der Waals surface area contributed by atoms with Crippen molar-refractivity contribution in [1.29, 1.82) is 0 Å². The number of carbonyl (C=O) groups excluding carboxylic acids is 1. The fourth-order valence-corrected chi connectivity index (χ4v) is 5.72. The van der Waals surface area contributed by atoms with Gasteiger partial charge in [-0.1, -0.05) is 0 Å². The zero-order valence-electron chi connectivity index (χ0n) is 19.2. The maximum atomic E-state index is 12.5. The van der Waals surface area contributed by atoms with E-state index in [0.717, 1.165) is 23.1 Å². The molecule has 1 saturated heterocycles. The van der Waals surface area contributed by atoms with Crippen molar-refractivity contribution in [1.82, 2.24) is 5.16 Å². The molecule has 1 aliphatic heterocycles. The molecule has 182 valence electrons. The molecule has 1 aromatic heterocycles. The number of hydrogen-bond donors (Lipinski definition) is 2. The predicted molar refractivity (Wildman–Crippen MR) is 129 cm³/mol. The van der Waals surface area contributed by atoms with E-state index in [0.29, 0.717) is 48.7 Å². The Bertz CT molecular complexity index is 1110. The van der Waals surface area contributed by atoms with Crippen molar-refractivity contribution in [3.63, 3.8) is 0 Å². The molecule has 0 unspecified atom stereocenters. The first-order valence-electron chi connectivity index (χ1n) is 11.0. The van der Waals surface area contributed by atoms with Crippen molar-refractivity contribution in [2.75, 3.05) is 32.8 Å². The largest absolute Gasteiger partial charge is 0.493 e. The van der Waals surface area contributed by atoms with Gasteiger partial charge in [-0.15, -0.1) is 0 Å². The maximum Gasteiger partial charge on any atom is 0.161 e. The second kappa shape index (κ2) is 11.0. The third-order valence-corrected chi connectivity index (χ3v) is 7.69. The second-order valence-electron chi connectivity index (χ2n) is 7.93. The van der Waals surface area contributed by atoms with Crippen LogP contribution in [0.25, 0.3) is 11.3 Å². The fourth-order valence-electron chi connectivity index (χ4n) is 3.76. The molecule has 34 heavy (non-hydrogen) atoms. The van der Waals surface area contributed by atoms with Crippen LogP contribution in [0.2, 0.25) is 0 Å².